The zero-order valence-electron chi connectivity index (χ0n) is 11.7. The van der Waals surface area contributed by atoms with Gasteiger partial charge in [0.25, 0.3) is 0 Å². The van der Waals surface area contributed by atoms with Crippen molar-refractivity contribution in [3.8, 4) is 5.88 Å². The van der Waals surface area contributed by atoms with Gasteiger partial charge in [-0.2, -0.15) is 9.97 Å². The van der Waals surface area contributed by atoms with Crippen LogP contribution in [0.5, 0.6) is 5.88 Å². The number of aromatic hydroxyl groups is 1. The van der Waals surface area contributed by atoms with Crippen molar-refractivity contribution in [2.45, 2.75) is 12.5 Å². The number of benzene rings is 1. The number of nitrogens with zero attached hydrogens (tertiary/aromatic N) is 3. The molecule has 2 rings (SSSR count). The van der Waals surface area contributed by atoms with Crippen LogP contribution in [0.4, 0.5) is 17.5 Å². The van der Waals surface area contributed by atoms with Gasteiger partial charge in [-0.25, -0.2) is 5.84 Å². The van der Waals surface area contributed by atoms with Crippen LogP contribution in [-0.2, 0) is 5.54 Å². The molecule has 8 nitrogen and oxygen atoms in total. The standard InChI is InChI=1S/C13H19N7O/c1-13(16,8-5-3-2-4-6-8)7-20(17)10-9(14)11(21)19-12(15)18-10/h2-6H,7,14,16-17H2,1H3,(H3,15,18,19,21). The maximum absolute atomic E-state index is 9.58. The molecule has 0 saturated heterocycles. The average Bonchev–Trinajstić information content (AvgIpc) is 2.43. The van der Waals surface area contributed by atoms with Crippen LogP contribution in [0, 0.1) is 0 Å². The van der Waals surface area contributed by atoms with Crippen molar-refractivity contribution in [1.82, 2.24) is 9.97 Å². The van der Waals surface area contributed by atoms with Gasteiger partial charge >= 0.3 is 0 Å². The molecule has 0 radical (unpaired) electrons. The first-order valence-corrected chi connectivity index (χ1v) is 6.30. The van der Waals surface area contributed by atoms with E-state index in [1.165, 1.54) is 5.01 Å². The third-order valence-corrected chi connectivity index (χ3v) is 3.13. The largest absolute Gasteiger partial charge is 0.492 e. The van der Waals surface area contributed by atoms with Gasteiger partial charge in [0.05, 0.1) is 12.1 Å². The number of hydrazine groups is 1. The van der Waals surface area contributed by atoms with E-state index >= 15 is 0 Å². The lowest BCUT2D eigenvalue weighted by Crippen LogP contribution is -2.49. The molecule has 9 N–H and O–H groups in total. The molecule has 21 heavy (non-hydrogen) atoms. The lowest BCUT2D eigenvalue weighted by Gasteiger charge is -2.31. The van der Waals surface area contributed by atoms with Gasteiger partial charge in [-0.05, 0) is 12.5 Å². The van der Waals surface area contributed by atoms with Crippen molar-refractivity contribution in [2.24, 2.45) is 11.6 Å². The van der Waals surface area contributed by atoms with Gasteiger partial charge in [0, 0.05) is 0 Å². The van der Waals surface area contributed by atoms with Crippen LogP contribution in [0.1, 0.15) is 12.5 Å². The normalized spacial score (nSPS) is 13.7. The summed E-state index contributed by atoms with van der Waals surface area (Å²) >= 11 is 0. The highest BCUT2D eigenvalue weighted by molar-refractivity contribution is 5.68. The number of rotatable bonds is 4. The first kappa shape index (κ1) is 14.8. The molecule has 0 amide bonds. The Hall–Kier alpha value is -2.58. The fourth-order valence-corrected chi connectivity index (χ4v) is 2.02. The molecular weight excluding hydrogens is 270 g/mol. The number of nitrogens with two attached hydrogens (primary N) is 4. The maximum atomic E-state index is 9.58. The van der Waals surface area contributed by atoms with Crippen molar-refractivity contribution < 1.29 is 5.11 Å². The molecule has 8 heteroatoms. The maximum Gasteiger partial charge on any atom is 0.241 e. The minimum Gasteiger partial charge on any atom is -0.492 e. The second kappa shape index (κ2) is 5.43. The molecule has 1 aromatic heterocycles. The van der Waals surface area contributed by atoms with E-state index in [-0.39, 0.29) is 24.0 Å². The van der Waals surface area contributed by atoms with Crippen molar-refractivity contribution in [3.63, 3.8) is 0 Å². The predicted octanol–water partition coefficient (Wildman–Crippen LogP) is -0.0992. The van der Waals surface area contributed by atoms with Gasteiger partial charge in [-0.15, -0.1) is 0 Å². The molecule has 112 valence electrons. The minimum absolute atomic E-state index is 0.0458. The van der Waals surface area contributed by atoms with Crippen molar-refractivity contribution in [1.29, 1.82) is 0 Å². The quantitative estimate of drug-likeness (QED) is 0.386. The Balaban J connectivity index is 2.28. The number of hydrogen-bond acceptors (Lipinski definition) is 8. The summed E-state index contributed by atoms with van der Waals surface area (Å²) in [4.78, 5) is 7.49. The van der Waals surface area contributed by atoms with E-state index < -0.39 is 11.4 Å². The van der Waals surface area contributed by atoms with Crippen molar-refractivity contribution >= 4 is 17.5 Å². The summed E-state index contributed by atoms with van der Waals surface area (Å²) in [5.41, 5.74) is 17.6. The van der Waals surface area contributed by atoms with Gasteiger partial charge < -0.3 is 22.3 Å². The lowest BCUT2D eigenvalue weighted by atomic mass is 9.93. The van der Waals surface area contributed by atoms with Crippen molar-refractivity contribution in [2.75, 3.05) is 23.0 Å². The van der Waals surface area contributed by atoms with Crippen LogP contribution in [0.15, 0.2) is 30.3 Å². The Kier molecular flexibility index (Phi) is 3.83. The van der Waals surface area contributed by atoms with Crippen LogP contribution in [0.25, 0.3) is 0 Å². The minimum atomic E-state index is -0.738. The first-order chi connectivity index (χ1) is 9.81. The van der Waals surface area contributed by atoms with E-state index in [2.05, 4.69) is 9.97 Å². The number of anilines is 3. The second-order valence-electron chi connectivity index (χ2n) is 5.05. The number of nitrogen functional groups attached to an aromatic ring is 2. The molecule has 0 bridgehead atoms. The molecule has 0 aliphatic rings. The van der Waals surface area contributed by atoms with Crippen LogP contribution in [-0.4, -0.2) is 21.6 Å². The Morgan fingerprint density at radius 2 is 1.81 bits per heavy atom. The Labute approximate surface area is 122 Å². The van der Waals surface area contributed by atoms with E-state index in [4.69, 9.17) is 23.0 Å². The molecule has 1 unspecified atom stereocenters. The molecule has 1 atom stereocenters. The highest BCUT2D eigenvalue weighted by atomic mass is 16.3. The van der Waals surface area contributed by atoms with E-state index in [9.17, 15) is 5.11 Å². The molecule has 2 aromatic rings. The summed E-state index contributed by atoms with van der Waals surface area (Å²) in [5.74, 6) is 5.57. The third-order valence-electron chi connectivity index (χ3n) is 3.13. The molecular formula is C13H19N7O. The fourth-order valence-electron chi connectivity index (χ4n) is 2.02. The molecule has 0 aliphatic heterocycles. The Morgan fingerprint density at radius 1 is 1.19 bits per heavy atom. The second-order valence-corrected chi connectivity index (χ2v) is 5.05. The average molecular weight is 289 g/mol. The summed E-state index contributed by atoms with van der Waals surface area (Å²) in [6.07, 6.45) is 0. The van der Waals surface area contributed by atoms with E-state index in [0.29, 0.717) is 0 Å². The molecule has 1 heterocycles. The van der Waals surface area contributed by atoms with Crippen LogP contribution in [0.3, 0.4) is 0 Å². The molecule has 0 aliphatic carbocycles. The van der Waals surface area contributed by atoms with Crippen LogP contribution in [0.2, 0.25) is 0 Å². The number of hydrogen-bond donors (Lipinski definition) is 5. The fraction of sp³-hybridized carbons (Fsp3) is 0.231. The highest BCUT2D eigenvalue weighted by Gasteiger charge is 2.26. The van der Waals surface area contributed by atoms with Crippen LogP contribution >= 0.6 is 0 Å². The van der Waals surface area contributed by atoms with E-state index in [0.717, 1.165) is 5.56 Å². The molecule has 0 fully saturated rings. The predicted molar refractivity (Wildman–Crippen MR) is 82.0 cm³/mol. The lowest BCUT2D eigenvalue weighted by molar-refractivity contribution is 0.454. The Bertz CT molecular complexity index is 630. The summed E-state index contributed by atoms with van der Waals surface area (Å²) in [6.45, 7) is 2.06. The summed E-state index contributed by atoms with van der Waals surface area (Å²) in [7, 11) is 0. The van der Waals surface area contributed by atoms with Gasteiger partial charge in [-0.1, -0.05) is 30.3 Å². The Morgan fingerprint density at radius 3 is 2.43 bits per heavy atom. The zero-order valence-corrected chi connectivity index (χ0v) is 11.7. The molecule has 0 saturated carbocycles. The highest BCUT2D eigenvalue weighted by Crippen LogP contribution is 2.29. The van der Waals surface area contributed by atoms with Gasteiger partial charge in [0.15, 0.2) is 5.82 Å². The smallest absolute Gasteiger partial charge is 0.241 e. The van der Waals surface area contributed by atoms with Gasteiger partial charge in [0.1, 0.15) is 5.69 Å². The van der Waals surface area contributed by atoms with Crippen LogP contribution < -0.4 is 28.1 Å². The topological polar surface area (TPSA) is 153 Å². The molecule has 1 aromatic carbocycles. The SMILES string of the molecule is CC(N)(CN(N)c1nc(N)nc(O)c1N)c1ccccc1. The summed E-state index contributed by atoms with van der Waals surface area (Å²) < 4.78 is 0. The number of aromatic nitrogens is 2. The third kappa shape index (κ3) is 3.12. The summed E-state index contributed by atoms with van der Waals surface area (Å²) in [5, 5.41) is 10.8. The summed E-state index contributed by atoms with van der Waals surface area (Å²) in [6, 6.07) is 9.50. The molecule has 0 spiro atoms. The van der Waals surface area contributed by atoms with Gasteiger partial charge in [-0.3, -0.25) is 5.01 Å². The zero-order chi connectivity index (χ0) is 15.6. The monoisotopic (exact) mass is 289 g/mol. The van der Waals surface area contributed by atoms with Gasteiger partial charge in [0.2, 0.25) is 11.8 Å². The first-order valence-electron chi connectivity index (χ1n) is 6.30. The van der Waals surface area contributed by atoms with E-state index in [1.807, 2.05) is 37.3 Å². The van der Waals surface area contributed by atoms with E-state index in [1.54, 1.807) is 0 Å². The van der Waals surface area contributed by atoms with Crippen molar-refractivity contribution in [3.05, 3.63) is 35.9 Å².